The van der Waals surface area contributed by atoms with Crippen LogP contribution in [-0.2, 0) is 10.0 Å². The number of para-hydroxylation sites is 2. The highest BCUT2D eigenvalue weighted by atomic mass is 32.2. The van der Waals surface area contributed by atoms with Crippen molar-refractivity contribution in [2.45, 2.75) is 18.7 Å². The maximum absolute atomic E-state index is 12.5. The number of fused-ring (bicyclic) bond motifs is 2. The zero-order chi connectivity index (χ0) is 22.5. The smallest absolute Gasteiger partial charge is 0.238 e. The van der Waals surface area contributed by atoms with Crippen LogP contribution in [0.25, 0.3) is 44.1 Å². The number of primary sulfonamides is 1. The van der Waals surface area contributed by atoms with Crippen molar-refractivity contribution in [1.29, 1.82) is 0 Å². The quantitative estimate of drug-likeness (QED) is 0.409. The van der Waals surface area contributed by atoms with E-state index in [-0.39, 0.29) is 4.90 Å². The molecule has 5 rings (SSSR count). The van der Waals surface area contributed by atoms with Crippen molar-refractivity contribution in [2.24, 2.45) is 5.14 Å². The molecule has 0 bridgehead atoms. The number of hydrogen-bond donors (Lipinski definition) is 1. The van der Waals surface area contributed by atoms with E-state index in [9.17, 15) is 8.42 Å². The number of aryl methyl sites for hydroxylation is 2. The zero-order valence-electron chi connectivity index (χ0n) is 17.7. The van der Waals surface area contributed by atoms with Gasteiger partial charge in [0.25, 0.3) is 0 Å². The van der Waals surface area contributed by atoms with Crippen LogP contribution in [0.15, 0.2) is 84.0 Å². The predicted molar refractivity (Wildman–Crippen MR) is 129 cm³/mol. The number of hydrogen-bond acceptors (Lipinski definition) is 4. The maximum Gasteiger partial charge on any atom is 0.238 e. The first-order valence-corrected chi connectivity index (χ1v) is 11.7. The fourth-order valence-electron chi connectivity index (χ4n) is 4.15. The standard InChI is InChI=1S/C26H21N3O2S/c1-16-11-19-5-3-7-21(25(19)28-14-16)18-9-10-24(32(27,30)31)23(13-18)22-8-4-6-20-12-17(2)15-29-26(20)22/h3-15H,1-2H3,(H2,27,30,31). The molecule has 0 saturated heterocycles. The molecule has 0 aliphatic heterocycles. The van der Waals surface area contributed by atoms with Gasteiger partial charge in [0.05, 0.1) is 15.9 Å². The van der Waals surface area contributed by atoms with Gasteiger partial charge in [-0.2, -0.15) is 0 Å². The molecule has 2 aromatic heterocycles. The van der Waals surface area contributed by atoms with Crippen molar-refractivity contribution in [2.75, 3.05) is 0 Å². The molecule has 0 atom stereocenters. The molecule has 32 heavy (non-hydrogen) atoms. The number of pyridine rings is 2. The van der Waals surface area contributed by atoms with E-state index in [1.165, 1.54) is 0 Å². The Morgan fingerprint density at radius 3 is 1.84 bits per heavy atom. The van der Waals surface area contributed by atoms with Crippen molar-refractivity contribution in [3.8, 4) is 22.3 Å². The lowest BCUT2D eigenvalue weighted by Gasteiger charge is -2.14. The molecule has 0 unspecified atom stereocenters. The largest absolute Gasteiger partial charge is 0.255 e. The summed E-state index contributed by atoms with van der Waals surface area (Å²) < 4.78 is 24.9. The highest BCUT2D eigenvalue weighted by Gasteiger charge is 2.19. The molecule has 158 valence electrons. The van der Waals surface area contributed by atoms with E-state index in [0.717, 1.165) is 49.6 Å². The number of sulfonamides is 1. The summed E-state index contributed by atoms with van der Waals surface area (Å²) in [7, 11) is -3.95. The van der Waals surface area contributed by atoms with Gasteiger partial charge in [0.2, 0.25) is 10.0 Å². The fourth-order valence-corrected chi connectivity index (χ4v) is 4.88. The lowest BCUT2D eigenvalue weighted by Crippen LogP contribution is -2.13. The van der Waals surface area contributed by atoms with Crippen LogP contribution in [0, 0.1) is 13.8 Å². The first-order chi connectivity index (χ1) is 15.3. The molecule has 0 aliphatic rings. The third kappa shape index (κ3) is 3.53. The molecule has 6 heteroatoms. The van der Waals surface area contributed by atoms with Crippen LogP contribution in [-0.4, -0.2) is 18.4 Å². The van der Waals surface area contributed by atoms with Crippen molar-refractivity contribution >= 4 is 31.8 Å². The highest BCUT2D eigenvalue weighted by Crippen LogP contribution is 2.36. The van der Waals surface area contributed by atoms with Gasteiger partial charge in [-0.3, -0.25) is 9.97 Å². The second kappa shape index (κ2) is 7.51. The number of benzene rings is 3. The van der Waals surface area contributed by atoms with E-state index in [1.54, 1.807) is 18.3 Å². The highest BCUT2D eigenvalue weighted by molar-refractivity contribution is 7.89. The van der Waals surface area contributed by atoms with Crippen LogP contribution in [0.4, 0.5) is 0 Å². The number of nitrogens with two attached hydrogens (primary N) is 1. The Morgan fingerprint density at radius 2 is 1.25 bits per heavy atom. The Labute approximate surface area is 186 Å². The van der Waals surface area contributed by atoms with E-state index in [2.05, 4.69) is 16.0 Å². The summed E-state index contributed by atoms with van der Waals surface area (Å²) in [5.74, 6) is 0. The molecule has 2 heterocycles. The summed E-state index contributed by atoms with van der Waals surface area (Å²) in [5, 5.41) is 7.57. The van der Waals surface area contributed by atoms with Crippen molar-refractivity contribution in [3.63, 3.8) is 0 Å². The maximum atomic E-state index is 12.5. The van der Waals surface area contributed by atoms with Gasteiger partial charge in [-0.25, -0.2) is 13.6 Å². The molecule has 0 aliphatic carbocycles. The van der Waals surface area contributed by atoms with Gasteiger partial charge in [0.15, 0.2) is 0 Å². The molecule has 5 aromatic rings. The van der Waals surface area contributed by atoms with E-state index < -0.39 is 10.0 Å². The van der Waals surface area contributed by atoms with Gasteiger partial charge in [-0.05, 0) is 54.8 Å². The van der Waals surface area contributed by atoms with E-state index in [0.29, 0.717) is 5.56 Å². The van der Waals surface area contributed by atoms with Crippen LogP contribution in [0.1, 0.15) is 11.1 Å². The summed E-state index contributed by atoms with van der Waals surface area (Å²) in [5.41, 5.74) is 6.73. The van der Waals surface area contributed by atoms with Gasteiger partial charge >= 0.3 is 0 Å². The Bertz CT molecular complexity index is 1630. The number of nitrogens with zero attached hydrogens (tertiary/aromatic N) is 2. The molecular formula is C26H21N3O2S. The lowest BCUT2D eigenvalue weighted by atomic mass is 9.95. The Balaban J connectivity index is 1.82. The van der Waals surface area contributed by atoms with Crippen LogP contribution in [0.5, 0.6) is 0 Å². The molecule has 3 aromatic carbocycles. The lowest BCUT2D eigenvalue weighted by molar-refractivity contribution is 0.598. The van der Waals surface area contributed by atoms with Crippen LogP contribution >= 0.6 is 0 Å². The topological polar surface area (TPSA) is 85.9 Å². The second-order valence-corrected chi connectivity index (χ2v) is 9.57. The van der Waals surface area contributed by atoms with E-state index in [1.807, 2.05) is 68.6 Å². The van der Waals surface area contributed by atoms with Crippen LogP contribution in [0.2, 0.25) is 0 Å². The monoisotopic (exact) mass is 439 g/mol. The number of rotatable bonds is 3. The Kier molecular flexibility index (Phi) is 4.77. The first kappa shape index (κ1) is 20.3. The fraction of sp³-hybridized carbons (Fsp3) is 0.0769. The van der Waals surface area contributed by atoms with Gasteiger partial charge in [0, 0.05) is 39.9 Å². The summed E-state index contributed by atoms with van der Waals surface area (Å²) in [4.78, 5) is 9.30. The summed E-state index contributed by atoms with van der Waals surface area (Å²) >= 11 is 0. The molecule has 0 saturated carbocycles. The Morgan fingerprint density at radius 1 is 0.688 bits per heavy atom. The minimum Gasteiger partial charge on any atom is -0.255 e. The van der Waals surface area contributed by atoms with Gasteiger partial charge in [-0.15, -0.1) is 0 Å². The summed E-state index contributed by atoms with van der Waals surface area (Å²) in [6.45, 7) is 3.98. The SMILES string of the molecule is Cc1cnc2c(-c3ccc(S(N)(=O)=O)c(-c4cccc5cc(C)cnc45)c3)cccc2c1. The zero-order valence-corrected chi connectivity index (χ0v) is 18.5. The van der Waals surface area contributed by atoms with Gasteiger partial charge in [-0.1, -0.05) is 42.5 Å². The van der Waals surface area contributed by atoms with Gasteiger partial charge in [0.1, 0.15) is 0 Å². The second-order valence-electron chi connectivity index (χ2n) is 8.04. The molecule has 0 radical (unpaired) electrons. The number of aromatic nitrogens is 2. The average molecular weight is 440 g/mol. The van der Waals surface area contributed by atoms with Crippen molar-refractivity contribution in [3.05, 3.63) is 90.3 Å². The Hall–Kier alpha value is -3.61. The molecule has 0 spiro atoms. The third-order valence-electron chi connectivity index (χ3n) is 5.58. The van der Waals surface area contributed by atoms with E-state index in [4.69, 9.17) is 5.14 Å². The predicted octanol–water partition coefficient (Wildman–Crippen LogP) is 5.38. The van der Waals surface area contributed by atoms with Crippen LogP contribution < -0.4 is 5.14 Å². The minimum absolute atomic E-state index is 0.0696. The molecule has 0 amide bonds. The molecule has 5 nitrogen and oxygen atoms in total. The van der Waals surface area contributed by atoms with E-state index >= 15 is 0 Å². The molecule has 2 N–H and O–H groups in total. The summed E-state index contributed by atoms with van der Waals surface area (Å²) in [6, 6.07) is 21.1. The molecule has 0 fully saturated rings. The van der Waals surface area contributed by atoms with Crippen molar-refractivity contribution in [1.82, 2.24) is 9.97 Å². The molecular weight excluding hydrogens is 418 g/mol. The average Bonchev–Trinajstić information content (AvgIpc) is 2.77. The van der Waals surface area contributed by atoms with Crippen LogP contribution in [0.3, 0.4) is 0 Å². The third-order valence-corrected chi connectivity index (χ3v) is 6.55. The minimum atomic E-state index is -3.95. The van der Waals surface area contributed by atoms with Gasteiger partial charge < -0.3 is 0 Å². The van der Waals surface area contributed by atoms with Crippen molar-refractivity contribution < 1.29 is 8.42 Å². The first-order valence-electron chi connectivity index (χ1n) is 10.2. The normalized spacial score (nSPS) is 11.8. The summed E-state index contributed by atoms with van der Waals surface area (Å²) in [6.07, 6.45) is 3.62.